The van der Waals surface area contributed by atoms with Crippen molar-refractivity contribution in [1.82, 2.24) is 4.98 Å². The SMILES string of the molecule is NC(N)=NC(=O)c1cnc2c(c1)CCCCC2. The number of aliphatic imine (C=N–C) groups is 1. The maximum atomic E-state index is 11.6. The maximum Gasteiger partial charge on any atom is 0.281 e. The molecule has 0 unspecified atom stereocenters. The van der Waals surface area contributed by atoms with Crippen LogP contribution in [-0.4, -0.2) is 16.9 Å². The van der Waals surface area contributed by atoms with E-state index in [0.717, 1.165) is 30.5 Å². The molecule has 0 saturated carbocycles. The summed E-state index contributed by atoms with van der Waals surface area (Å²) in [4.78, 5) is 19.5. The van der Waals surface area contributed by atoms with E-state index in [1.807, 2.05) is 6.07 Å². The van der Waals surface area contributed by atoms with Crippen LogP contribution in [-0.2, 0) is 12.8 Å². The van der Waals surface area contributed by atoms with E-state index >= 15 is 0 Å². The highest BCUT2D eigenvalue weighted by Gasteiger charge is 2.12. The second-order valence-electron chi connectivity index (χ2n) is 4.23. The Morgan fingerprint density at radius 3 is 2.76 bits per heavy atom. The molecule has 5 heteroatoms. The van der Waals surface area contributed by atoms with E-state index in [9.17, 15) is 4.79 Å². The predicted molar refractivity (Wildman–Crippen MR) is 65.6 cm³/mol. The third-order valence-corrected chi connectivity index (χ3v) is 2.90. The molecule has 0 saturated heterocycles. The summed E-state index contributed by atoms with van der Waals surface area (Å²) in [6.45, 7) is 0. The van der Waals surface area contributed by atoms with Crippen LogP contribution in [0.1, 0.15) is 40.9 Å². The van der Waals surface area contributed by atoms with Crippen molar-refractivity contribution < 1.29 is 4.79 Å². The monoisotopic (exact) mass is 232 g/mol. The van der Waals surface area contributed by atoms with E-state index in [4.69, 9.17) is 11.5 Å². The third kappa shape index (κ3) is 2.81. The molecule has 1 amide bonds. The van der Waals surface area contributed by atoms with E-state index in [1.54, 1.807) is 6.20 Å². The van der Waals surface area contributed by atoms with Crippen molar-refractivity contribution in [3.05, 3.63) is 29.1 Å². The minimum Gasteiger partial charge on any atom is -0.370 e. The van der Waals surface area contributed by atoms with Gasteiger partial charge in [-0.3, -0.25) is 9.78 Å². The van der Waals surface area contributed by atoms with Crippen molar-refractivity contribution in [2.45, 2.75) is 32.1 Å². The van der Waals surface area contributed by atoms with Crippen molar-refractivity contribution >= 4 is 11.9 Å². The van der Waals surface area contributed by atoms with Crippen molar-refractivity contribution in [3.8, 4) is 0 Å². The summed E-state index contributed by atoms with van der Waals surface area (Å²) in [6, 6.07) is 1.86. The van der Waals surface area contributed by atoms with Crippen LogP contribution in [0.25, 0.3) is 0 Å². The fourth-order valence-electron chi connectivity index (χ4n) is 2.06. The molecule has 0 spiro atoms. The molecule has 0 fully saturated rings. The molecule has 2 rings (SSSR count). The Labute approximate surface area is 99.9 Å². The number of guanidine groups is 1. The summed E-state index contributed by atoms with van der Waals surface area (Å²) in [5.41, 5.74) is 13.1. The molecule has 0 atom stereocenters. The number of aryl methyl sites for hydroxylation is 2. The second kappa shape index (κ2) is 4.95. The second-order valence-corrected chi connectivity index (χ2v) is 4.23. The van der Waals surface area contributed by atoms with Crippen LogP contribution in [0.5, 0.6) is 0 Å². The number of hydrogen-bond donors (Lipinski definition) is 2. The fraction of sp³-hybridized carbons (Fsp3) is 0.417. The van der Waals surface area contributed by atoms with Crippen LogP contribution in [0.2, 0.25) is 0 Å². The largest absolute Gasteiger partial charge is 0.370 e. The lowest BCUT2D eigenvalue weighted by atomic mass is 10.1. The number of carbonyl (C=O) groups is 1. The van der Waals surface area contributed by atoms with Gasteiger partial charge in [-0.25, -0.2) is 0 Å². The summed E-state index contributed by atoms with van der Waals surface area (Å²) in [7, 11) is 0. The van der Waals surface area contributed by atoms with Crippen LogP contribution in [0.15, 0.2) is 17.3 Å². The highest BCUT2D eigenvalue weighted by Crippen LogP contribution is 2.19. The molecule has 17 heavy (non-hydrogen) atoms. The summed E-state index contributed by atoms with van der Waals surface area (Å²) in [6.07, 6.45) is 7.06. The van der Waals surface area contributed by atoms with Gasteiger partial charge >= 0.3 is 0 Å². The average Bonchev–Trinajstić information content (AvgIpc) is 2.51. The van der Waals surface area contributed by atoms with Gasteiger partial charge in [0.1, 0.15) is 0 Å². The number of nitrogens with zero attached hydrogens (tertiary/aromatic N) is 2. The first-order chi connectivity index (χ1) is 8.16. The number of hydrogen-bond acceptors (Lipinski definition) is 2. The van der Waals surface area contributed by atoms with Crippen LogP contribution < -0.4 is 11.5 Å². The van der Waals surface area contributed by atoms with Gasteiger partial charge in [0.15, 0.2) is 5.96 Å². The molecule has 0 radical (unpaired) electrons. The molecule has 5 nitrogen and oxygen atoms in total. The van der Waals surface area contributed by atoms with Crippen molar-refractivity contribution in [1.29, 1.82) is 0 Å². The molecular formula is C12H16N4O. The molecule has 1 aromatic rings. The molecule has 0 aliphatic heterocycles. The number of carbonyl (C=O) groups excluding carboxylic acids is 1. The van der Waals surface area contributed by atoms with Crippen LogP contribution in [0.3, 0.4) is 0 Å². The van der Waals surface area contributed by atoms with Gasteiger partial charge in [0.05, 0.1) is 5.56 Å². The van der Waals surface area contributed by atoms with Gasteiger partial charge in [-0.05, 0) is 37.3 Å². The zero-order valence-electron chi connectivity index (χ0n) is 9.65. The first-order valence-corrected chi connectivity index (χ1v) is 5.78. The van der Waals surface area contributed by atoms with Gasteiger partial charge in [0.25, 0.3) is 5.91 Å². The highest BCUT2D eigenvalue weighted by atomic mass is 16.1. The molecular weight excluding hydrogens is 216 g/mol. The predicted octanol–water partition coefficient (Wildman–Crippen LogP) is 0.764. The summed E-state index contributed by atoms with van der Waals surface area (Å²) in [5.74, 6) is -0.644. The van der Waals surface area contributed by atoms with Crippen molar-refractivity contribution in [2.75, 3.05) is 0 Å². The Balaban J connectivity index is 2.29. The molecule has 1 aliphatic carbocycles. The lowest BCUT2D eigenvalue weighted by molar-refractivity contribution is 0.100. The van der Waals surface area contributed by atoms with Crippen LogP contribution in [0, 0.1) is 0 Å². The number of nitrogens with two attached hydrogens (primary N) is 2. The molecule has 1 aliphatic rings. The Morgan fingerprint density at radius 1 is 1.24 bits per heavy atom. The molecule has 0 bridgehead atoms. The standard InChI is InChI=1S/C12H16N4O/c13-12(14)16-11(17)9-6-8-4-2-1-3-5-10(8)15-7-9/h6-7H,1-5H2,(H4,13,14,16,17). The van der Waals surface area contributed by atoms with Gasteiger partial charge in [0, 0.05) is 11.9 Å². The van der Waals surface area contributed by atoms with Crippen molar-refractivity contribution in [2.24, 2.45) is 16.5 Å². The quantitative estimate of drug-likeness (QED) is 0.424. The molecule has 4 N–H and O–H groups in total. The molecule has 0 aromatic carbocycles. The zero-order valence-corrected chi connectivity index (χ0v) is 9.65. The van der Waals surface area contributed by atoms with Gasteiger partial charge in [-0.1, -0.05) is 6.42 Å². The first kappa shape index (κ1) is 11.6. The highest BCUT2D eigenvalue weighted by molar-refractivity contribution is 6.01. The van der Waals surface area contributed by atoms with Gasteiger partial charge in [-0.2, -0.15) is 4.99 Å². The van der Waals surface area contributed by atoms with Gasteiger partial charge < -0.3 is 11.5 Å². The normalized spacial score (nSPS) is 14.6. The van der Waals surface area contributed by atoms with E-state index in [2.05, 4.69) is 9.98 Å². The third-order valence-electron chi connectivity index (χ3n) is 2.90. The fourth-order valence-corrected chi connectivity index (χ4v) is 2.06. The van der Waals surface area contributed by atoms with E-state index in [-0.39, 0.29) is 5.96 Å². The minimum atomic E-state index is -0.426. The summed E-state index contributed by atoms with van der Waals surface area (Å²) in [5, 5.41) is 0. The van der Waals surface area contributed by atoms with Crippen molar-refractivity contribution in [3.63, 3.8) is 0 Å². The number of fused-ring (bicyclic) bond motifs is 1. The van der Waals surface area contributed by atoms with Gasteiger partial charge in [0.2, 0.25) is 0 Å². The Hall–Kier alpha value is -1.91. The van der Waals surface area contributed by atoms with Crippen LogP contribution >= 0.6 is 0 Å². The topological polar surface area (TPSA) is 94.4 Å². The maximum absolute atomic E-state index is 11.6. The van der Waals surface area contributed by atoms with E-state index in [0.29, 0.717) is 5.56 Å². The lowest BCUT2D eigenvalue weighted by Crippen LogP contribution is -2.24. The summed E-state index contributed by atoms with van der Waals surface area (Å²) < 4.78 is 0. The minimum absolute atomic E-state index is 0.218. The molecule has 90 valence electrons. The summed E-state index contributed by atoms with van der Waals surface area (Å²) >= 11 is 0. The number of pyridine rings is 1. The molecule has 1 aromatic heterocycles. The number of rotatable bonds is 1. The Bertz CT molecular complexity index is 464. The first-order valence-electron chi connectivity index (χ1n) is 5.78. The molecule has 1 heterocycles. The Kier molecular flexibility index (Phi) is 3.37. The Morgan fingerprint density at radius 2 is 2.00 bits per heavy atom. The number of amides is 1. The lowest BCUT2D eigenvalue weighted by Gasteiger charge is -2.05. The van der Waals surface area contributed by atoms with Gasteiger partial charge in [-0.15, -0.1) is 0 Å². The number of aromatic nitrogens is 1. The van der Waals surface area contributed by atoms with E-state index < -0.39 is 5.91 Å². The zero-order chi connectivity index (χ0) is 12.3. The average molecular weight is 232 g/mol. The smallest absolute Gasteiger partial charge is 0.281 e. The van der Waals surface area contributed by atoms with Crippen LogP contribution in [0.4, 0.5) is 0 Å². The van der Waals surface area contributed by atoms with E-state index in [1.165, 1.54) is 12.8 Å².